The van der Waals surface area contributed by atoms with Crippen LogP contribution in [0.15, 0.2) is 77.3 Å². The second-order valence-electron chi connectivity index (χ2n) is 9.76. The van der Waals surface area contributed by atoms with Crippen LogP contribution < -0.4 is 0 Å². The summed E-state index contributed by atoms with van der Waals surface area (Å²) in [5.41, 5.74) is -12.6. The number of halogens is 14. The average molecular weight is 683 g/mol. The molecule has 45 heavy (non-hydrogen) atoms. The molecular formula is C31H12Cl2F12. The summed E-state index contributed by atoms with van der Waals surface area (Å²) in [7, 11) is 0. The number of alkyl halides is 4. The molecule has 0 nitrogen and oxygen atoms in total. The predicted octanol–water partition coefficient (Wildman–Crippen LogP) is 10.5. The van der Waals surface area contributed by atoms with E-state index in [2.05, 4.69) is 0 Å². The van der Waals surface area contributed by atoms with Gasteiger partial charge in [0.15, 0.2) is 29.1 Å². The molecule has 234 valence electrons. The maximum atomic E-state index is 15.4. The van der Waals surface area contributed by atoms with E-state index in [0.717, 1.165) is 12.1 Å². The van der Waals surface area contributed by atoms with Gasteiger partial charge in [-0.3, -0.25) is 0 Å². The van der Waals surface area contributed by atoms with Crippen molar-refractivity contribution in [2.24, 2.45) is 0 Å². The lowest BCUT2D eigenvalue weighted by atomic mass is 9.63. The summed E-state index contributed by atoms with van der Waals surface area (Å²) in [5, 5.41) is -3.84. The molecule has 4 aromatic carbocycles. The van der Waals surface area contributed by atoms with Crippen LogP contribution in [0.5, 0.6) is 0 Å². The molecule has 0 N–H and O–H groups in total. The third kappa shape index (κ3) is 5.17. The van der Waals surface area contributed by atoms with E-state index in [9.17, 15) is 26.3 Å². The van der Waals surface area contributed by atoms with Gasteiger partial charge in [-0.05, 0) is 34.9 Å². The van der Waals surface area contributed by atoms with E-state index < -0.39 is 108 Å². The first-order valence-corrected chi connectivity index (χ1v) is 13.2. The zero-order valence-corrected chi connectivity index (χ0v) is 23.2. The molecule has 1 aliphatic carbocycles. The second kappa shape index (κ2) is 11.5. The topological polar surface area (TPSA) is 0 Å². The lowest BCUT2D eigenvalue weighted by Crippen LogP contribution is -2.44. The highest BCUT2D eigenvalue weighted by molar-refractivity contribution is 6.40. The summed E-state index contributed by atoms with van der Waals surface area (Å²) >= 11 is 13.4. The van der Waals surface area contributed by atoms with Crippen LogP contribution in [0.3, 0.4) is 0 Å². The van der Waals surface area contributed by atoms with Crippen molar-refractivity contribution in [3.05, 3.63) is 152 Å². The monoisotopic (exact) mass is 682 g/mol. The largest absolute Gasteiger partial charge is 0.417 e. The van der Waals surface area contributed by atoms with Crippen LogP contribution in [0, 0.1) is 52.4 Å². The SMILES string of the molecule is Fc1cc(F)c(C2=C(Cl)C(c3ccccc3)(c3cc(F)c(F)c(F)c3)C(Cl)C(c3cc(F)cc(F)c3F)=C2C(F)(F)F)c(F)c1. The summed E-state index contributed by atoms with van der Waals surface area (Å²) in [4.78, 5) is 0. The van der Waals surface area contributed by atoms with Gasteiger partial charge < -0.3 is 0 Å². The van der Waals surface area contributed by atoms with Crippen LogP contribution in [0.1, 0.15) is 22.3 Å². The van der Waals surface area contributed by atoms with Gasteiger partial charge in [-0.15, -0.1) is 11.6 Å². The van der Waals surface area contributed by atoms with Gasteiger partial charge in [0.25, 0.3) is 0 Å². The maximum Gasteiger partial charge on any atom is 0.417 e. The molecule has 2 unspecified atom stereocenters. The fourth-order valence-electron chi connectivity index (χ4n) is 5.43. The zero-order valence-electron chi connectivity index (χ0n) is 21.7. The van der Waals surface area contributed by atoms with E-state index in [-0.39, 0.29) is 42.0 Å². The normalized spacial score (nSPS) is 19.0. The summed E-state index contributed by atoms with van der Waals surface area (Å²) in [6.07, 6.45) is -5.80. The minimum absolute atomic E-state index is 0.0140. The highest BCUT2D eigenvalue weighted by Crippen LogP contribution is 2.61. The number of benzene rings is 4. The Morgan fingerprint density at radius 1 is 0.600 bits per heavy atom. The minimum Gasteiger partial charge on any atom is -0.207 e. The molecule has 2 atom stereocenters. The van der Waals surface area contributed by atoms with Crippen molar-refractivity contribution in [1.82, 2.24) is 0 Å². The smallest absolute Gasteiger partial charge is 0.207 e. The van der Waals surface area contributed by atoms with Crippen LogP contribution >= 0.6 is 23.2 Å². The quantitative estimate of drug-likeness (QED) is 0.0870. The second-order valence-corrected chi connectivity index (χ2v) is 10.6. The van der Waals surface area contributed by atoms with Gasteiger partial charge in [0.1, 0.15) is 23.3 Å². The molecule has 0 saturated carbocycles. The number of allylic oxidation sites excluding steroid dienone is 4. The molecule has 0 aliphatic heterocycles. The van der Waals surface area contributed by atoms with Crippen molar-refractivity contribution in [2.75, 3.05) is 0 Å². The van der Waals surface area contributed by atoms with E-state index in [0.29, 0.717) is 0 Å². The van der Waals surface area contributed by atoms with E-state index >= 15 is 26.3 Å². The molecule has 0 amide bonds. The maximum absolute atomic E-state index is 15.4. The van der Waals surface area contributed by atoms with Crippen molar-refractivity contribution in [1.29, 1.82) is 0 Å². The molecule has 0 saturated heterocycles. The van der Waals surface area contributed by atoms with Gasteiger partial charge in [0, 0.05) is 34.4 Å². The Morgan fingerprint density at radius 3 is 1.62 bits per heavy atom. The number of hydrogen-bond acceptors (Lipinski definition) is 0. The highest BCUT2D eigenvalue weighted by Gasteiger charge is 2.57. The van der Waals surface area contributed by atoms with Crippen LogP contribution in [0.4, 0.5) is 52.7 Å². The molecule has 14 heteroatoms. The van der Waals surface area contributed by atoms with Gasteiger partial charge >= 0.3 is 6.18 Å². The summed E-state index contributed by atoms with van der Waals surface area (Å²) < 4.78 is 178. The Morgan fingerprint density at radius 2 is 1.09 bits per heavy atom. The average Bonchev–Trinajstić information content (AvgIpc) is 2.94. The molecule has 0 heterocycles. The molecule has 0 spiro atoms. The highest BCUT2D eigenvalue weighted by atomic mass is 35.5. The standard InChI is InChI=1S/C31H12Cl2F12/c32-28-22(16-8-14(34)11-21(40)26(16)41)25(31(43,44)45)24(23-17(36)9-15(35)10-18(23)37)29(33)30(28,12-4-2-1-3-5-12)13-6-19(38)27(42)20(39)7-13/h1-11,28H. The number of hydrogen-bond donors (Lipinski definition) is 0. The lowest BCUT2D eigenvalue weighted by molar-refractivity contribution is -0.0869. The van der Waals surface area contributed by atoms with Crippen LogP contribution in [-0.2, 0) is 5.41 Å². The third-order valence-electron chi connectivity index (χ3n) is 7.21. The number of rotatable bonds is 4. The Hall–Kier alpha value is -3.90. The van der Waals surface area contributed by atoms with Gasteiger partial charge in [-0.1, -0.05) is 41.9 Å². The molecule has 0 aromatic heterocycles. The fraction of sp³-hybridized carbons (Fsp3) is 0.0968. The minimum atomic E-state index is -5.80. The molecule has 0 fully saturated rings. The zero-order chi connectivity index (χ0) is 33.2. The van der Waals surface area contributed by atoms with Crippen molar-refractivity contribution < 1.29 is 52.7 Å². The first kappa shape index (κ1) is 32.5. The van der Waals surface area contributed by atoms with E-state index in [1.54, 1.807) is 0 Å². The first-order chi connectivity index (χ1) is 21.0. The van der Waals surface area contributed by atoms with Crippen molar-refractivity contribution >= 4 is 34.3 Å². The lowest BCUT2D eigenvalue weighted by Gasteiger charge is -2.45. The van der Waals surface area contributed by atoms with Gasteiger partial charge in [0.05, 0.1) is 21.9 Å². The molecule has 5 rings (SSSR count). The van der Waals surface area contributed by atoms with E-state index in [1.807, 2.05) is 0 Å². The summed E-state index contributed by atoms with van der Waals surface area (Å²) in [6, 6.07) is 6.66. The fourth-order valence-corrected chi connectivity index (χ4v) is 6.59. The molecule has 0 radical (unpaired) electrons. The van der Waals surface area contributed by atoms with Crippen molar-refractivity contribution in [2.45, 2.75) is 17.0 Å². The van der Waals surface area contributed by atoms with Gasteiger partial charge in [0.2, 0.25) is 0 Å². The van der Waals surface area contributed by atoms with Crippen LogP contribution in [0.25, 0.3) is 11.1 Å². The summed E-state index contributed by atoms with van der Waals surface area (Å²) in [5.74, 6) is -17.1. The van der Waals surface area contributed by atoms with Crippen LogP contribution in [-0.4, -0.2) is 11.6 Å². The molecule has 1 aliphatic rings. The van der Waals surface area contributed by atoms with Crippen molar-refractivity contribution in [3.8, 4) is 0 Å². The molecule has 0 bridgehead atoms. The Balaban J connectivity index is 2.13. The van der Waals surface area contributed by atoms with E-state index in [1.165, 1.54) is 18.2 Å². The van der Waals surface area contributed by atoms with Gasteiger partial charge in [-0.25, -0.2) is 39.5 Å². The van der Waals surface area contributed by atoms with E-state index in [4.69, 9.17) is 23.2 Å². The Kier molecular flexibility index (Phi) is 8.28. The van der Waals surface area contributed by atoms with Crippen LogP contribution in [0.2, 0.25) is 0 Å². The Bertz CT molecular complexity index is 1870. The molecule has 4 aromatic rings. The Labute approximate surface area is 255 Å². The molecular weight excluding hydrogens is 671 g/mol. The summed E-state index contributed by atoms with van der Waals surface area (Å²) in [6.45, 7) is 0. The van der Waals surface area contributed by atoms with Crippen molar-refractivity contribution in [3.63, 3.8) is 0 Å². The van der Waals surface area contributed by atoms with Gasteiger partial charge in [-0.2, -0.15) is 13.2 Å². The first-order valence-electron chi connectivity index (χ1n) is 12.4. The predicted molar refractivity (Wildman–Crippen MR) is 142 cm³/mol. The third-order valence-corrected chi connectivity index (χ3v) is 8.24.